The molecule has 0 amide bonds. The third kappa shape index (κ3) is 2.08. The van der Waals surface area contributed by atoms with Crippen molar-refractivity contribution in [2.24, 2.45) is 0 Å². The molecule has 0 aliphatic heterocycles. The van der Waals surface area contributed by atoms with Gasteiger partial charge < -0.3 is 9.84 Å². The van der Waals surface area contributed by atoms with E-state index >= 15 is 0 Å². The Morgan fingerprint density at radius 2 is 2.12 bits per heavy atom. The first-order valence-electron chi connectivity index (χ1n) is 5.22. The van der Waals surface area contributed by atoms with Crippen LogP contribution in [0.1, 0.15) is 18.4 Å². The normalized spacial score (nSPS) is 28.9. The maximum Gasteiger partial charge on any atom is 0.162 e. The smallest absolute Gasteiger partial charge is 0.162 e. The van der Waals surface area contributed by atoms with Crippen molar-refractivity contribution < 1.29 is 18.6 Å². The number of halogens is 2. The average molecular weight is 228 g/mol. The highest BCUT2D eigenvalue weighted by molar-refractivity contribution is 5.22. The zero-order chi connectivity index (χ0) is 11.8. The summed E-state index contributed by atoms with van der Waals surface area (Å²) in [5.41, 5.74) is -0.730. The highest BCUT2D eigenvalue weighted by Crippen LogP contribution is 2.37. The Morgan fingerprint density at radius 3 is 2.75 bits per heavy atom. The number of hydrogen-bond acceptors (Lipinski definition) is 2. The van der Waals surface area contributed by atoms with E-state index in [4.69, 9.17) is 4.74 Å². The molecule has 0 aromatic heterocycles. The van der Waals surface area contributed by atoms with Crippen LogP contribution in [0.5, 0.6) is 0 Å². The van der Waals surface area contributed by atoms with Crippen LogP contribution >= 0.6 is 0 Å². The standard InChI is InChI=1S/C12H14F2O2/c1-16-9-6-12(15,7-9)5-8-3-2-4-10(13)11(8)14/h2-4,9,15H,5-7H2,1H3. The molecule has 0 radical (unpaired) electrons. The van der Waals surface area contributed by atoms with Gasteiger partial charge in [0, 0.05) is 26.4 Å². The predicted octanol–water partition coefficient (Wildman–Crippen LogP) is 2.05. The molecular weight excluding hydrogens is 214 g/mol. The largest absolute Gasteiger partial charge is 0.389 e. The van der Waals surface area contributed by atoms with Crippen LogP contribution in [-0.2, 0) is 11.2 Å². The molecule has 1 aliphatic carbocycles. The van der Waals surface area contributed by atoms with Gasteiger partial charge in [0.15, 0.2) is 11.6 Å². The summed E-state index contributed by atoms with van der Waals surface area (Å²) in [5.74, 6) is -1.74. The molecule has 0 saturated heterocycles. The molecule has 0 bridgehead atoms. The maximum atomic E-state index is 13.4. The van der Waals surface area contributed by atoms with Gasteiger partial charge in [0.05, 0.1) is 11.7 Å². The number of rotatable bonds is 3. The van der Waals surface area contributed by atoms with Crippen molar-refractivity contribution in [1.29, 1.82) is 0 Å². The molecule has 0 atom stereocenters. The number of methoxy groups -OCH3 is 1. The minimum Gasteiger partial charge on any atom is -0.389 e. The molecule has 0 unspecified atom stereocenters. The van der Waals surface area contributed by atoms with Gasteiger partial charge in [-0.2, -0.15) is 0 Å². The van der Waals surface area contributed by atoms with Crippen LogP contribution in [0.3, 0.4) is 0 Å². The van der Waals surface area contributed by atoms with Crippen LogP contribution < -0.4 is 0 Å². The van der Waals surface area contributed by atoms with Crippen molar-refractivity contribution in [3.63, 3.8) is 0 Å². The van der Waals surface area contributed by atoms with E-state index in [1.54, 1.807) is 7.11 Å². The summed E-state index contributed by atoms with van der Waals surface area (Å²) >= 11 is 0. The second kappa shape index (κ2) is 4.11. The summed E-state index contributed by atoms with van der Waals surface area (Å²) in [5, 5.41) is 10.0. The molecule has 1 N–H and O–H groups in total. The number of benzene rings is 1. The maximum absolute atomic E-state index is 13.4. The molecule has 0 heterocycles. The summed E-state index contributed by atoms with van der Waals surface area (Å²) in [6, 6.07) is 4.02. The lowest BCUT2D eigenvalue weighted by Gasteiger charge is -2.42. The van der Waals surface area contributed by atoms with Crippen molar-refractivity contribution in [3.8, 4) is 0 Å². The molecule has 2 rings (SSSR count). The third-order valence-corrected chi connectivity index (χ3v) is 3.10. The second-order valence-electron chi connectivity index (χ2n) is 4.38. The molecular formula is C12H14F2O2. The van der Waals surface area contributed by atoms with Crippen LogP contribution in [0.4, 0.5) is 8.78 Å². The van der Waals surface area contributed by atoms with Gasteiger partial charge >= 0.3 is 0 Å². The van der Waals surface area contributed by atoms with Crippen molar-refractivity contribution in [1.82, 2.24) is 0 Å². The van der Waals surface area contributed by atoms with E-state index in [1.165, 1.54) is 12.1 Å². The van der Waals surface area contributed by atoms with E-state index in [0.29, 0.717) is 12.8 Å². The molecule has 2 nitrogen and oxygen atoms in total. The molecule has 4 heteroatoms. The fraction of sp³-hybridized carbons (Fsp3) is 0.500. The van der Waals surface area contributed by atoms with Gasteiger partial charge in [-0.25, -0.2) is 8.78 Å². The minimum absolute atomic E-state index is 0.0293. The van der Waals surface area contributed by atoms with Gasteiger partial charge in [-0.1, -0.05) is 12.1 Å². The first kappa shape index (κ1) is 11.5. The number of hydrogen-bond donors (Lipinski definition) is 1. The van der Waals surface area contributed by atoms with Gasteiger partial charge in [-0.05, 0) is 11.6 Å². The van der Waals surface area contributed by atoms with Crippen molar-refractivity contribution >= 4 is 0 Å². The van der Waals surface area contributed by atoms with Gasteiger partial charge in [0.2, 0.25) is 0 Å². The van der Waals surface area contributed by atoms with Crippen LogP contribution in [0.15, 0.2) is 18.2 Å². The van der Waals surface area contributed by atoms with E-state index in [0.717, 1.165) is 6.07 Å². The predicted molar refractivity (Wildman–Crippen MR) is 55.0 cm³/mol. The second-order valence-corrected chi connectivity index (χ2v) is 4.38. The average Bonchev–Trinajstić information content (AvgIpc) is 2.21. The molecule has 0 spiro atoms. The molecule has 1 fully saturated rings. The van der Waals surface area contributed by atoms with Crippen molar-refractivity contribution in [2.45, 2.75) is 31.0 Å². The topological polar surface area (TPSA) is 29.5 Å². The van der Waals surface area contributed by atoms with Crippen LogP contribution in [-0.4, -0.2) is 23.9 Å². The van der Waals surface area contributed by atoms with E-state index in [9.17, 15) is 13.9 Å². The summed E-state index contributed by atoms with van der Waals surface area (Å²) in [6.07, 6.45) is 1.11. The Bertz CT molecular complexity index is 387. The number of aliphatic hydroxyl groups is 1. The first-order valence-corrected chi connectivity index (χ1v) is 5.22. The zero-order valence-electron chi connectivity index (χ0n) is 9.04. The molecule has 16 heavy (non-hydrogen) atoms. The Balaban J connectivity index is 2.08. The van der Waals surface area contributed by atoms with Crippen molar-refractivity contribution in [2.75, 3.05) is 7.11 Å². The van der Waals surface area contributed by atoms with E-state index in [2.05, 4.69) is 0 Å². The number of ether oxygens (including phenoxy) is 1. The molecule has 88 valence electrons. The van der Waals surface area contributed by atoms with E-state index in [-0.39, 0.29) is 18.1 Å². The van der Waals surface area contributed by atoms with Gasteiger partial charge in [-0.3, -0.25) is 0 Å². The Hall–Kier alpha value is -1.00. The summed E-state index contributed by atoms with van der Waals surface area (Å²) in [7, 11) is 1.58. The molecule has 1 aromatic carbocycles. The molecule has 1 aliphatic rings. The van der Waals surface area contributed by atoms with Crippen molar-refractivity contribution in [3.05, 3.63) is 35.4 Å². The first-order chi connectivity index (χ1) is 7.54. The summed E-state index contributed by atoms with van der Waals surface area (Å²) in [4.78, 5) is 0. The van der Waals surface area contributed by atoms with E-state index in [1.807, 2.05) is 0 Å². The monoisotopic (exact) mass is 228 g/mol. The Kier molecular flexibility index (Phi) is 2.95. The van der Waals surface area contributed by atoms with Crippen LogP contribution in [0.2, 0.25) is 0 Å². The summed E-state index contributed by atoms with van der Waals surface area (Å²) in [6.45, 7) is 0. The fourth-order valence-corrected chi connectivity index (χ4v) is 2.14. The quantitative estimate of drug-likeness (QED) is 0.858. The SMILES string of the molecule is COC1CC(O)(Cc2cccc(F)c2F)C1. The Labute approximate surface area is 92.9 Å². The van der Waals surface area contributed by atoms with Crippen LogP contribution in [0, 0.1) is 11.6 Å². The lowest BCUT2D eigenvalue weighted by Crippen LogP contribution is -2.49. The highest BCUT2D eigenvalue weighted by atomic mass is 19.2. The minimum atomic E-state index is -0.949. The third-order valence-electron chi connectivity index (χ3n) is 3.10. The van der Waals surface area contributed by atoms with Gasteiger partial charge in [0.25, 0.3) is 0 Å². The summed E-state index contributed by atoms with van der Waals surface area (Å²) < 4.78 is 31.3. The van der Waals surface area contributed by atoms with E-state index < -0.39 is 17.2 Å². The highest BCUT2D eigenvalue weighted by Gasteiger charge is 2.43. The lowest BCUT2D eigenvalue weighted by atomic mass is 9.73. The van der Waals surface area contributed by atoms with Crippen LogP contribution in [0.25, 0.3) is 0 Å². The lowest BCUT2D eigenvalue weighted by molar-refractivity contribution is -0.126. The Morgan fingerprint density at radius 1 is 1.44 bits per heavy atom. The zero-order valence-corrected chi connectivity index (χ0v) is 9.04. The molecule has 1 saturated carbocycles. The molecule has 1 aromatic rings. The van der Waals surface area contributed by atoms with Gasteiger partial charge in [0.1, 0.15) is 0 Å². The van der Waals surface area contributed by atoms with Gasteiger partial charge in [-0.15, -0.1) is 0 Å². The fourth-order valence-electron chi connectivity index (χ4n) is 2.14.